The standard InChI is InChI=1S/C20H25N3O/c1-22-17-12-6-5-11-16(17)21-19(22)18-13-7-8-14-23(18)20(24)15-9-3-2-4-10-15/h2-3,5-6,11-12,15,18H,4,7-10,13-14H2,1H3/t15-,18-/m1/s1. The maximum absolute atomic E-state index is 13.1. The van der Waals surface area contributed by atoms with Gasteiger partial charge in [-0.3, -0.25) is 4.79 Å². The number of aryl methyl sites for hydroxylation is 1. The van der Waals surface area contributed by atoms with Crippen molar-refractivity contribution < 1.29 is 4.79 Å². The molecule has 0 unspecified atom stereocenters. The third-order valence-electron chi connectivity index (χ3n) is 5.52. The maximum atomic E-state index is 13.1. The van der Waals surface area contributed by atoms with Crippen LogP contribution in [0.1, 0.15) is 50.4 Å². The highest BCUT2D eigenvalue weighted by Gasteiger charge is 2.34. The molecule has 24 heavy (non-hydrogen) atoms. The van der Waals surface area contributed by atoms with Crippen molar-refractivity contribution in [3.05, 3.63) is 42.2 Å². The van der Waals surface area contributed by atoms with E-state index in [4.69, 9.17) is 4.98 Å². The quantitative estimate of drug-likeness (QED) is 0.784. The fraction of sp³-hybridized carbons (Fsp3) is 0.500. The molecule has 4 rings (SSSR count). The van der Waals surface area contributed by atoms with Gasteiger partial charge in [-0.1, -0.05) is 24.3 Å². The van der Waals surface area contributed by atoms with Crippen LogP contribution in [-0.4, -0.2) is 26.9 Å². The zero-order valence-corrected chi connectivity index (χ0v) is 14.3. The van der Waals surface area contributed by atoms with Gasteiger partial charge in [-0.2, -0.15) is 0 Å². The number of likely N-dealkylation sites (tertiary alicyclic amines) is 1. The molecule has 2 aromatic rings. The summed E-state index contributed by atoms with van der Waals surface area (Å²) in [4.78, 5) is 20.1. The lowest BCUT2D eigenvalue weighted by atomic mass is 9.91. The van der Waals surface area contributed by atoms with Crippen molar-refractivity contribution in [2.24, 2.45) is 13.0 Å². The van der Waals surface area contributed by atoms with Gasteiger partial charge < -0.3 is 9.47 Å². The first-order valence-electron chi connectivity index (χ1n) is 9.12. The molecule has 2 atom stereocenters. The zero-order valence-electron chi connectivity index (χ0n) is 14.3. The summed E-state index contributed by atoms with van der Waals surface area (Å²) >= 11 is 0. The van der Waals surface area contributed by atoms with Crippen LogP contribution in [0, 0.1) is 5.92 Å². The zero-order chi connectivity index (χ0) is 16.5. The lowest BCUT2D eigenvalue weighted by molar-refractivity contribution is -0.140. The summed E-state index contributed by atoms with van der Waals surface area (Å²) in [6.45, 7) is 0.868. The van der Waals surface area contributed by atoms with E-state index in [9.17, 15) is 4.79 Å². The summed E-state index contributed by atoms with van der Waals surface area (Å²) in [6, 6.07) is 8.35. The number of piperidine rings is 1. The molecule has 1 aromatic carbocycles. The summed E-state index contributed by atoms with van der Waals surface area (Å²) < 4.78 is 2.17. The predicted molar refractivity (Wildman–Crippen MR) is 95.5 cm³/mol. The first-order chi connectivity index (χ1) is 11.8. The van der Waals surface area contributed by atoms with Crippen molar-refractivity contribution in [2.75, 3.05) is 6.54 Å². The minimum Gasteiger partial charge on any atom is -0.332 e. The minimum atomic E-state index is 0.120. The number of carbonyl (C=O) groups is 1. The molecule has 0 radical (unpaired) electrons. The number of carbonyl (C=O) groups excluding carboxylic acids is 1. The van der Waals surface area contributed by atoms with Crippen LogP contribution in [0.3, 0.4) is 0 Å². The van der Waals surface area contributed by atoms with Crippen LogP contribution >= 0.6 is 0 Å². The molecular formula is C20H25N3O. The Morgan fingerprint density at radius 2 is 2.04 bits per heavy atom. The number of imidazole rings is 1. The first kappa shape index (κ1) is 15.4. The molecule has 2 heterocycles. The van der Waals surface area contributed by atoms with E-state index in [1.54, 1.807) is 0 Å². The Kier molecular flexibility index (Phi) is 4.13. The van der Waals surface area contributed by atoms with Gasteiger partial charge in [0.15, 0.2) is 0 Å². The van der Waals surface area contributed by atoms with Crippen LogP contribution in [0.15, 0.2) is 36.4 Å². The topological polar surface area (TPSA) is 38.1 Å². The highest BCUT2D eigenvalue weighted by molar-refractivity contribution is 5.80. The first-order valence-corrected chi connectivity index (χ1v) is 9.12. The molecular weight excluding hydrogens is 298 g/mol. The summed E-state index contributed by atoms with van der Waals surface area (Å²) in [5, 5.41) is 0. The molecule has 0 saturated carbocycles. The average Bonchev–Trinajstić information content (AvgIpc) is 2.99. The molecule has 2 aliphatic rings. The maximum Gasteiger partial charge on any atom is 0.226 e. The van der Waals surface area contributed by atoms with E-state index in [-0.39, 0.29) is 12.0 Å². The van der Waals surface area contributed by atoms with E-state index >= 15 is 0 Å². The second kappa shape index (κ2) is 6.42. The predicted octanol–water partition coefficient (Wildman–Crippen LogP) is 3.98. The van der Waals surface area contributed by atoms with Crippen molar-refractivity contribution in [2.45, 2.75) is 44.6 Å². The van der Waals surface area contributed by atoms with E-state index < -0.39 is 0 Å². The summed E-state index contributed by atoms with van der Waals surface area (Å²) in [5.41, 5.74) is 2.17. The smallest absolute Gasteiger partial charge is 0.226 e. The third kappa shape index (κ3) is 2.64. The number of hydrogen-bond donors (Lipinski definition) is 0. The van der Waals surface area contributed by atoms with E-state index in [1.807, 2.05) is 12.1 Å². The molecule has 0 bridgehead atoms. The number of rotatable bonds is 2. The van der Waals surface area contributed by atoms with Crippen molar-refractivity contribution in [3.8, 4) is 0 Å². The number of hydrogen-bond acceptors (Lipinski definition) is 2. The SMILES string of the molecule is Cn1c([C@H]2CCCCN2C(=O)[C@@H]2CC=CCC2)nc2ccccc21. The molecule has 1 aliphatic carbocycles. The van der Waals surface area contributed by atoms with Gasteiger partial charge >= 0.3 is 0 Å². The van der Waals surface area contributed by atoms with Crippen molar-refractivity contribution in [1.82, 2.24) is 14.5 Å². The second-order valence-electron chi connectivity index (χ2n) is 7.04. The molecule has 1 aromatic heterocycles. The van der Waals surface area contributed by atoms with Gasteiger partial charge in [0.2, 0.25) is 5.91 Å². The average molecular weight is 323 g/mol. The number of aromatic nitrogens is 2. The van der Waals surface area contributed by atoms with Crippen LogP contribution in [-0.2, 0) is 11.8 Å². The normalized spacial score (nSPS) is 24.5. The second-order valence-corrected chi connectivity index (χ2v) is 7.04. The van der Waals surface area contributed by atoms with Crippen LogP contribution in [0.4, 0.5) is 0 Å². The largest absolute Gasteiger partial charge is 0.332 e. The Morgan fingerprint density at radius 1 is 1.17 bits per heavy atom. The molecule has 1 aliphatic heterocycles. The van der Waals surface area contributed by atoms with Gasteiger partial charge in [-0.15, -0.1) is 0 Å². The molecule has 0 spiro atoms. The molecule has 0 N–H and O–H groups in total. The molecule has 126 valence electrons. The highest BCUT2D eigenvalue weighted by Crippen LogP contribution is 2.34. The van der Waals surface area contributed by atoms with Gasteiger partial charge in [0.05, 0.1) is 17.1 Å². The van der Waals surface area contributed by atoms with Gasteiger partial charge in [0.25, 0.3) is 0 Å². The number of amides is 1. The lowest BCUT2D eigenvalue weighted by Crippen LogP contribution is -2.43. The minimum absolute atomic E-state index is 0.120. The van der Waals surface area contributed by atoms with Gasteiger partial charge in [0, 0.05) is 19.5 Å². The fourth-order valence-corrected chi connectivity index (χ4v) is 4.18. The molecule has 1 saturated heterocycles. The number of allylic oxidation sites excluding steroid dienone is 2. The van der Waals surface area contributed by atoms with Gasteiger partial charge in [0.1, 0.15) is 5.82 Å². The van der Waals surface area contributed by atoms with Crippen LogP contribution in [0.5, 0.6) is 0 Å². The van der Waals surface area contributed by atoms with Crippen LogP contribution in [0.25, 0.3) is 11.0 Å². The number of nitrogens with zero attached hydrogens (tertiary/aromatic N) is 3. The molecule has 4 heteroatoms. The molecule has 1 amide bonds. The van der Waals surface area contributed by atoms with Crippen molar-refractivity contribution in [3.63, 3.8) is 0 Å². The van der Waals surface area contributed by atoms with E-state index in [1.165, 1.54) is 6.42 Å². The Bertz CT molecular complexity index is 776. The number of benzene rings is 1. The van der Waals surface area contributed by atoms with Crippen molar-refractivity contribution >= 4 is 16.9 Å². The Balaban J connectivity index is 1.67. The molecule has 1 fully saturated rings. The summed E-state index contributed by atoms with van der Waals surface area (Å²) in [5.74, 6) is 1.52. The van der Waals surface area contributed by atoms with Crippen LogP contribution in [0.2, 0.25) is 0 Å². The third-order valence-corrected chi connectivity index (χ3v) is 5.52. The summed E-state index contributed by atoms with van der Waals surface area (Å²) in [6.07, 6.45) is 10.6. The van der Waals surface area contributed by atoms with Gasteiger partial charge in [-0.25, -0.2) is 4.98 Å². The summed E-state index contributed by atoms with van der Waals surface area (Å²) in [7, 11) is 2.07. The van der Waals surface area contributed by atoms with E-state index in [0.29, 0.717) is 5.91 Å². The van der Waals surface area contributed by atoms with E-state index in [2.05, 4.69) is 40.8 Å². The Hall–Kier alpha value is -2.10. The van der Waals surface area contributed by atoms with Crippen LogP contribution < -0.4 is 0 Å². The highest BCUT2D eigenvalue weighted by atomic mass is 16.2. The molecule has 4 nitrogen and oxygen atoms in total. The van der Waals surface area contributed by atoms with Gasteiger partial charge in [-0.05, 0) is 50.7 Å². The monoisotopic (exact) mass is 323 g/mol. The Morgan fingerprint density at radius 3 is 2.83 bits per heavy atom. The number of para-hydroxylation sites is 2. The Labute approximate surface area is 143 Å². The lowest BCUT2D eigenvalue weighted by Gasteiger charge is -2.37. The van der Waals surface area contributed by atoms with Crippen molar-refractivity contribution in [1.29, 1.82) is 0 Å². The van der Waals surface area contributed by atoms with E-state index in [0.717, 1.165) is 55.5 Å². The fourth-order valence-electron chi connectivity index (χ4n) is 4.18. The number of fused-ring (bicyclic) bond motifs is 1.